The monoisotopic (exact) mass is 336 g/mol. The lowest BCUT2D eigenvalue weighted by Crippen LogP contribution is -2.49. The van der Waals surface area contributed by atoms with E-state index >= 15 is 0 Å². The number of benzene rings is 1. The van der Waals surface area contributed by atoms with E-state index in [0.717, 1.165) is 24.8 Å². The molecular weight excluding hydrogens is 312 g/mol. The molecule has 1 unspecified atom stereocenters. The van der Waals surface area contributed by atoms with Gasteiger partial charge in [0.2, 0.25) is 15.9 Å². The lowest BCUT2D eigenvalue weighted by molar-refractivity contribution is -0.128. The molecule has 1 saturated heterocycles. The van der Waals surface area contributed by atoms with E-state index < -0.39 is 10.0 Å². The van der Waals surface area contributed by atoms with Gasteiger partial charge < -0.3 is 4.90 Å². The molecule has 1 N–H and O–H groups in total. The fraction of sp³-hybridized carbons (Fsp3) is 0.471. The Kier molecular flexibility index (Phi) is 5.96. The highest BCUT2D eigenvalue weighted by atomic mass is 32.2. The number of sulfonamides is 1. The summed E-state index contributed by atoms with van der Waals surface area (Å²) >= 11 is 0. The first kappa shape index (κ1) is 17.7. The van der Waals surface area contributed by atoms with Gasteiger partial charge in [-0.25, -0.2) is 13.1 Å². The molecule has 126 valence electrons. The van der Waals surface area contributed by atoms with E-state index in [1.54, 1.807) is 35.2 Å². The summed E-state index contributed by atoms with van der Waals surface area (Å²) < 4.78 is 27.5. The van der Waals surface area contributed by atoms with Gasteiger partial charge in [0.15, 0.2) is 0 Å². The Morgan fingerprint density at radius 2 is 2.04 bits per heavy atom. The summed E-state index contributed by atoms with van der Waals surface area (Å²) in [4.78, 5) is 14.3. The van der Waals surface area contributed by atoms with Crippen molar-refractivity contribution >= 4 is 15.9 Å². The summed E-state index contributed by atoms with van der Waals surface area (Å²) in [5, 5.41) is 0. The zero-order valence-corrected chi connectivity index (χ0v) is 14.5. The second kappa shape index (κ2) is 7.75. The van der Waals surface area contributed by atoms with Gasteiger partial charge in [-0.05, 0) is 38.3 Å². The molecule has 6 heteroatoms. The molecule has 1 amide bonds. The average Bonchev–Trinajstić information content (AvgIpc) is 2.55. The lowest BCUT2D eigenvalue weighted by Gasteiger charge is -2.33. The molecule has 1 atom stereocenters. The molecule has 1 aliphatic rings. The largest absolute Gasteiger partial charge is 0.337 e. The molecule has 5 nitrogen and oxygen atoms in total. The molecule has 0 radical (unpaired) electrons. The van der Waals surface area contributed by atoms with Crippen LogP contribution in [0.4, 0.5) is 0 Å². The normalized spacial score (nSPS) is 19.7. The van der Waals surface area contributed by atoms with Gasteiger partial charge in [0.1, 0.15) is 0 Å². The van der Waals surface area contributed by atoms with Gasteiger partial charge in [0.25, 0.3) is 0 Å². The molecule has 23 heavy (non-hydrogen) atoms. The lowest BCUT2D eigenvalue weighted by atomic mass is 10.1. The van der Waals surface area contributed by atoms with Crippen LogP contribution in [0.1, 0.15) is 33.1 Å². The summed E-state index contributed by atoms with van der Waals surface area (Å²) in [5.74, 6) is -0.00420. The number of carbonyl (C=O) groups excluding carboxylic acids is 1. The standard InChI is InChI=1S/C17H24N2O3S/c1-3-8-14(2)17(20)19-12-7-9-15(13-19)18-23(21,22)16-10-5-4-6-11-16/h4-6,8,10-11,15,18H,3,7,9,12-13H2,1-2H3/b14-8+. The molecular formula is C17H24N2O3S. The van der Waals surface area contributed by atoms with Crippen LogP contribution in [-0.4, -0.2) is 38.4 Å². The van der Waals surface area contributed by atoms with Crippen LogP contribution in [-0.2, 0) is 14.8 Å². The van der Waals surface area contributed by atoms with E-state index in [-0.39, 0.29) is 16.8 Å². The van der Waals surface area contributed by atoms with E-state index in [2.05, 4.69) is 4.72 Å². The minimum atomic E-state index is -3.54. The Balaban J connectivity index is 2.05. The number of hydrogen-bond donors (Lipinski definition) is 1. The third kappa shape index (κ3) is 4.65. The Morgan fingerprint density at radius 1 is 1.35 bits per heavy atom. The van der Waals surface area contributed by atoms with Crippen molar-refractivity contribution in [1.29, 1.82) is 0 Å². The Morgan fingerprint density at radius 3 is 2.70 bits per heavy atom. The highest BCUT2D eigenvalue weighted by molar-refractivity contribution is 7.89. The van der Waals surface area contributed by atoms with Crippen molar-refractivity contribution in [3.63, 3.8) is 0 Å². The molecule has 1 fully saturated rings. The maximum absolute atomic E-state index is 12.4. The quantitative estimate of drug-likeness (QED) is 0.839. The van der Waals surface area contributed by atoms with E-state index in [1.165, 1.54) is 0 Å². The predicted molar refractivity (Wildman–Crippen MR) is 90.4 cm³/mol. The maximum Gasteiger partial charge on any atom is 0.249 e. The number of nitrogens with one attached hydrogen (secondary N) is 1. The number of likely N-dealkylation sites (tertiary alicyclic amines) is 1. The van der Waals surface area contributed by atoms with Gasteiger partial charge in [0, 0.05) is 24.7 Å². The van der Waals surface area contributed by atoms with Gasteiger partial charge in [-0.1, -0.05) is 31.2 Å². The molecule has 1 aromatic rings. The topological polar surface area (TPSA) is 66.5 Å². The van der Waals surface area contributed by atoms with Crippen molar-refractivity contribution in [1.82, 2.24) is 9.62 Å². The molecule has 0 saturated carbocycles. The zero-order chi connectivity index (χ0) is 16.9. The number of piperidine rings is 1. The molecule has 0 bridgehead atoms. The van der Waals surface area contributed by atoms with Crippen molar-refractivity contribution in [2.45, 2.75) is 44.0 Å². The van der Waals surface area contributed by atoms with Crippen LogP contribution < -0.4 is 4.72 Å². The van der Waals surface area contributed by atoms with Crippen molar-refractivity contribution in [3.05, 3.63) is 42.0 Å². The molecule has 1 aromatic carbocycles. The zero-order valence-electron chi connectivity index (χ0n) is 13.7. The second-order valence-electron chi connectivity index (χ2n) is 5.82. The third-order valence-electron chi connectivity index (χ3n) is 3.93. The van der Waals surface area contributed by atoms with Crippen LogP contribution in [0.25, 0.3) is 0 Å². The number of rotatable bonds is 5. The summed E-state index contributed by atoms with van der Waals surface area (Å²) in [6.45, 7) is 4.89. The molecule has 0 spiro atoms. The van der Waals surface area contributed by atoms with Crippen molar-refractivity contribution in [2.75, 3.05) is 13.1 Å². The van der Waals surface area contributed by atoms with E-state index in [0.29, 0.717) is 13.1 Å². The SMILES string of the molecule is CC/C=C(\C)C(=O)N1CCCC(NS(=O)(=O)c2ccccc2)C1. The number of nitrogens with zero attached hydrogens (tertiary/aromatic N) is 1. The first-order valence-corrected chi connectivity index (χ1v) is 9.45. The summed E-state index contributed by atoms with van der Waals surface area (Å²) in [5.41, 5.74) is 0.721. The molecule has 2 rings (SSSR count). The molecule has 1 heterocycles. The van der Waals surface area contributed by atoms with Crippen LogP contribution in [0.2, 0.25) is 0 Å². The number of carbonyl (C=O) groups is 1. The fourth-order valence-electron chi connectivity index (χ4n) is 2.79. The number of amides is 1. The Bertz CT molecular complexity index is 668. The van der Waals surface area contributed by atoms with Crippen molar-refractivity contribution in [2.24, 2.45) is 0 Å². The second-order valence-corrected chi connectivity index (χ2v) is 7.53. The van der Waals surface area contributed by atoms with Crippen LogP contribution in [0.5, 0.6) is 0 Å². The Hall–Kier alpha value is -1.66. The maximum atomic E-state index is 12.4. The van der Waals surface area contributed by atoms with E-state index in [4.69, 9.17) is 0 Å². The van der Waals surface area contributed by atoms with Gasteiger partial charge >= 0.3 is 0 Å². The van der Waals surface area contributed by atoms with E-state index in [9.17, 15) is 13.2 Å². The minimum Gasteiger partial charge on any atom is -0.337 e. The van der Waals surface area contributed by atoms with Gasteiger partial charge in [-0.15, -0.1) is 0 Å². The van der Waals surface area contributed by atoms with Crippen LogP contribution in [0, 0.1) is 0 Å². The average molecular weight is 336 g/mol. The highest BCUT2D eigenvalue weighted by Gasteiger charge is 2.27. The Labute approximate surface area is 138 Å². The molecule has 1 aliphatic heterocycles. The third-order valence-corrected chi connectivity index (χ3v) is 5.47. The van der Waals surface area contributed by atoms with Crippen LogP contribution in [0.15, 0.2) is 46.9 Å². The number of allylic oxidation sites excluding steroid dienone is 1. The molecule has 0 aliphatic carbocycles. The smallest absolute Gasteiger partial charge is 0.249 e. The summed E-state index contributed by atoms with van der Waals surface area (Å²) in [6, 6.07) is 8.08. The summed E-state index contributed by atoms with van der Waals surface area (Å²) in [7, 11) is -3.54. The van der Waals surface area contributed by atoms with Crippen LogP contribution >= 0.6 is 0 Å². The van der Waals surface area contributed by atoms with E-state index in [1.807, 2.05) is 19.9 Å². The first-order valence-electron chi connectivity index (χ1n) is 7.97. The van der Waals surface area contributed by atoms with Crippen LogP contribution in [0.3, 0.4) is 0 Å². The highest BCUT2D eigenvalue weighted by Crippen LogP contribution is 2.16. The summed E-state index contributed by atoms with van der Waals surface area (Å²) in [6.07, 6.45) is 4.26. The predicted octanol–water partition coefficient (Wildman–Crippen LogP) is 2.31. The van der Waals surface area contributed by atoms with Gasteiger partial charge in [-0.2, -0.15) is 0 Å². The first-order chi connectivity index (χ1) is 10.9. The minimum absolute atomic E-state index is 0.00420. The fourth-order valence-corrected chi connectivity index (χ4v) is 4.07. The number of hydrogen-bond acceptors (Lipinski definition) is 3. The van der Waals surface area contributed by atoms with Gasteiger partial charge in [-0.3, -0.25) is 4.79 Å². The molecule has 0 aromatic heterocycles. The van der Waals surface area contributed by atoms with Crippen molar-refractivity contribution in [3.8, 4) is 0 Å². The van der Waals surface area contributed by atoms with Crippen molar-refractivity contribution < 1.29 is 13.2 Å². The van der Waals surface area contributed by atoms with Gasteiger partial charge in [0.05, 0.1) is 4.90 Å².